The Morgan fingerprint density at radius 2 is 1.93 bits per heavy atom. The van der Waals surface area contributed by atoms with Crippen molar-refractivity contribution in [2.24, 2.45) is 5.41 Å². The van der Waals surface area contributed by atoms with Crippen LogP contribution in [0.25, 0.3) is 5.78 Å². The zero-order chi connectivity index (χ0) is 19.6. The van der Waals surface area contributed by atoms with Gasteiger partial charge in [-0.05, 0) is 17.7 Å². The largest absolute Gasteiger partial charge is 0.497 e. The Bertz CT molecular complexity index is 1020. The van der Waals surface area contributed by atoms with E-state index in [0.717, 1.165) is 11.3 Å². The molecule has 0 fully saturated rings. The predicted octanol–water partition coefficient (Wildman–Crippen LogP) is 2.12. The highest BCUT2D eigenvalue weighted by atomic mass is 32.2. The van der Waals surface area contributed by atoms with Gasteiger partial charge in [0.2, 0.25) is 5.16 Å². The summed E-state index contributed by atoms with van der Waals surface area (Å²) >= 11 is 1.26. The Hall–Kier alpha value is -2.68. The molecule has 0 radical (unpaired) electrons. The number of carbonyl (C=O) groups excluding carboxylic acids is 1. The Balaban J connectivity index is 1.85. The van der Waals surface area contributed by atoms with Gasteiger partial charge in [0.15, 0.2) is 0 Å². The van der Waals surface area contributed by atoms with Crippen LogP contribution < -0.4 is 10.3 Å². The molecule has 0 bridgehead atoms. The molecule has 0 aliphatic heterocycles. The van der Waals surface area contributed by atoms with Gasteiger partial charge in [0.1, 0.15) is 17.2 Å². The van der Waals surface area contributed by atoms with Gasteiger partial charge in [-0.15, -0.1) is 10.2 Å². The van der Waals surface area contributed by atoms with Gasteiger partial charge in [0.05, 0.1) is 12.9 Å². The van der Waals surface area contributed by atoms with E-state index < -0.39 is 5.41 Å². The number of aromatic nitrogens is 5. The summed E-state index contributed by atoms with van der Waals surface area (Å²) in [5.41, 5.74) is 0.539. The molecule has 0 saturated carbocycles. The first-order valence-corrected chi connectivity index (χ1v) is 9.40. The van der Waals surface area contributed by atoms with Crippen molar-refractivity contribution in [1.29, 1.82) is 0 Å². The van der Waals surface area contributed by atoms with Gasteiger partial charge < -0.3 is 4.74 Å². The van der Waals surface area contributed by atoms with E-state index in [1.807, 2.05) is 45.0 Å². The molecule has 0 aliphatic carbocycles. The number of hydrogen-bond acceptors (Lipinski definition) is 7. The number of rotatable bonds is 6. The fraction of sp³-hybridized carbons (Fsp3) is 0.389. The summed E-state index contributed by atoms with van der Waals surface area (Å²) in [6.45, 7) is 5.63. The SMILES string of the molecule is COc1ccc(Cc2nn3c(SCC(=O)C(C)(C)C)nnc3[nH]c2=O)cc1. The van der Waals surface area contributed by atoms with Crippen LogP contribution in [-0.2, 0) is 11.2 Å². The molecule has 1 N–H and O–H groups in total. The molecule has 142 valence electrons. The molecule has 27 heavy (non-hydrogen) atoms. The van der Waals surface area contributed by atoms with Crippen molar-refractivity contribution < 1.29 is 9.53 Å². The highest BCUT2D eigenvalue weighted by Crippen LogP contribution is 2.22. The van der Waals surface area contributed by atoms with Gasteiger partial charge in [0.25, 0.3) is 11.3 Å². The average Bonchev–Trinajstić information content (AvgIpc) is 3.01. The molecular weight excluding hydrogens is 366 g/mol. The lowest BCUT2D eigenvalue weighted by atomic mass is 9.92. The molecule has 0 unspecified atom stereocenters. The molecule has 3 rings (SSSR count). The molecule has 0 amide bonds. The minimum absolute atomic E-state index is 0.104. The number of ketones is 1. The van der Waals surface area contributed by atoms with E-state index >= 15 is 0 Å². The minimum Gasteiger partial charge on any atom is -0.497 e. The maximum atomic E-state index is 12.3. The predicted molar refractivity (Wildman–Crippen MR) is 102 cm³/mol. The van der Waals surface area contributed by atoms with Crippen molar-refractivity contribution in [3.8, 4) is 5.75 Å². The lowest BCUT2D eigenvalue weighted by Gasteiger charge is -2.15. The number of nitrogens with zero attached hydrogens (tertiary/aromatic N) is 4. The molecule has 8 nitrogen and oxygen atoms in total. The van der Waals surface area contributed by atoms with Gasteiger partial charge in [0, 0.05) is 11.8 Å². The maximum Gasteiger partial charge on any atom is 0.274 e. The highest BCUT2D eigenvalue weighted by Gasteiger charge is 2.22. The second-order valence-corrected chi connectivity index (χ2v) is 8.05. The number of aromatic amines is 1. The number of carbonyl (C=O) groups is 1. The van der Waals surface area contributed by atoms with Crippen molar-refractivity contribution in [3.05, 3.63) is 45.9 Å². The fourth-order valence-corrected chi connectivity index (χ4v) is 3.30. The van der Waals surface area contributed by atoms with Gasteiger partial charge in [-0.1, -0.05) is 44.7 Å². The Labute approximate surface area is 160 Å². The van der Waals surface area contributed by atoms with Crippen LogP contribution in [0.1, 0.15) is 32.0 Å². The molecule has 0 atom stereocenters. The van der Waals surface area contributed by atoms with E-state index in [-0.39, 0.29) is 22.9 Å². The summed E-state index contributed by atoms with van der Waals surface area (Å²) in [7, 11) is 1.60. The molecule has 9 heteroatoms. The van der Waals surface area contributed by atoms with E-state index in [0.29, 0.717) is 17.3 Å². The Morgan fingerprint density at radius 3 is 2.56 bits per heavy atom. The van der Waals surface area contributed by atoms with Crippen molar-refractivity contribution in [3.63, 3.8) is 0 Å². The molecular formula is C18H21N5O3S. The van der Waals surface area contributed by atoms with Crippen molar-refractivity contribution in [2.45, 2.75) is 32.3 Å². The minimum atomic E-state index is -0.422. The maximum absolute atomic E-state index is 12.3. The zero-order valence-electron chi connectivity index (χ0n) is 15.6. The summed E-state index contributed by atoms with van der Waals surface area (Å²) < 4.78 is 6.61. The van der Waals surface area contributed by atoms with E-state index in [1.165, 1.54) is 16.3 Å². The number of nitrogens with one attached hydrogen (secondary N) is 1. The topological polar surface area (TPSA) is 102 Å². The lowest BCUT2D eigenvalue weighted by Crippen LogP contribution is -2.22. The smallest absolute Gasteiger partial charge is 0.274 e. The van der Waals surface area contributed by atoms with E-state index in [2.05, 4.69) is 20.3 Å². The van der Waals surface area contributed by atoms with Crippen molar-refractivity contribution >= 4 is 23.3 Å². The summed E-state index contributed by atoms with van der Waals surface area (Å²) in [6.07, 6.45) is 0.360. The summed E-state index contributed by atoms with van der Waals surface area (Å²) in [5.74, 6) is 1.37. The summed E-state index contributed by atoms with van der Waals surface area (Å²) in [4.78, 5) is 27.1. The second kappa shape index (κ2) is 7.51. The van der Waals surface area contributed by atoms with Gasteiger partial charge in [-0.25, -0.2) is 0 Å². The molecule has 0 spiro atoms. The molecule has 0 aliphatic rings. The number of Topliss-reactive ketones (excluding diaryl/α,β-unsaturated/α-hetero) is 1. The number of hydrogen-bond donors (Lipinski definition) is 1. The van der Waals surface area contributed by atoms with E-state index in [1.54, 1.807) is 7.11 Å². The van der Waals surface area contributed by atoms with Gasteiger partial charge in [-0.2, -0.15) is 9.61 Å². The van der Waals surface area contributed by atoms with Crippen LogP contribution in [0.5, 0.6) is 5.75 Å². The van der Waals surface area contributed by atoms with Crippen LogP contribution in [0, 0.1) is 5.41 Å². The van der Waals surface area contributed by atoms with Gasteiger partial charge in [-0.3, -0.25) is 14.6 Å². The first-order chi connectivity index (χ1) is 12.8. The number of benzene rings is 1. The number of ether oxygens (including phenoxy) is 1. The van der Waals surface area contributed by atoms with E-state index in [9.17, 15) is 9.59 Å². The molecule has 2 aromatic heterocycles. The highest BCUT2D eigenvalue weighted by molar-refractivity contribution is 7.99. The molecule has 3 aromatic rings. The first-order valence-electron chi connectivity index (χ1n) is 8.41. The molecule has 2 heterocycles. The van der Waals surface area contributed by atoms with Crippen LogP contribution in [0.2, 0.25) is 0 Å². The average molecular weight is 387 g/mol. The monoisotopic (exact) mass is 387 g/mol. The summed E-state index contributed by atoms with van der Waals surface area (Å²) in [6, 6.07) is 7.43. The summed E-state index contributed by atoms with van der Waals surface area (Å²) in [5, 5.41) is 12.8. The second-order valence-electron chi connectivity index (χ2n) is 7.11. The lowest BCUT2D eigenvalue weighted by molar-refractivity contribution is -0.123. The van der Waals surface area contributed by atoms with Crippen LogP contribution in [0.15, 0.2) is 34.2 Å². The van der Waals surface area contributed by atoms with E-state index in [4.69, 9.17) is 4.74 Å². The standard InChI is InChI=1S/C18H21N5O3S/c1-18(2,3)14(24)10-27-17-21-20-16-19-15(25)13(22-23(16)17)9-11-5-7-12(26-4)8-6-11/h5-8H,9-10H2,1-4H3,(H,19,20,25). The quantitative estimate of drug-likeness (QED) is 0.646. The number of thioether (sulfide) groups is 1. The third kappa shape index (κ3) is 4.36. The zero-order valence-corrected chi connectivity index (χ0v) is 16.5. The molecule has 1 aromatic carbocycles. The van der Waals surface area contributed by atoms with Crippen LogP contribution in [-0.4, -0.2) is 43.4 Å². The number of H-pyrrole nitrogens is 1. The molecule has 0 saturated heterocycles. The number of methoxy groups -OCH3 is 1. The Morgan fingerprint density at radius 1 is 1.22 bits per heavy atom. The van der Waals surface area contributed by atoms with Crippen LogP contribution in [0.4, 0.5) is 0 Å². The number of fused-ring (bicyclic) bond motifs is 1. The van der Waals surface area contributed by atoms with Crippen LogP contribution in [0.3, 0.4) is 0 Å². The van der Waals surface area contributed by atoms with Crippen molar-refractivity contribution in [2.75, 3.05) is 12.9 Å². The van der Waals surface area contributed by atoms with Gasteiger partial charge >= 0.3 is 0 Å². The Kier molecular flexibility index (Phi) is 5.31. The first kappa shape index (κ1) is 19.1. The normalized spacial score (nSPS) is 11.7. The third-order valence-corrected chi connectivity index (χ3v) is 4.94. The third-order valence-electron chi connectivity index (χ3n) is 4.02. The fourth-order valence-electron chi connectivity index (χ4n) is 2.26. The van der Waals surface area contributed by atoms with Crippen LogP contribution >= 0.6 is 11.8 Å². The van der Waals surface area contributed by atoms with Crippen molar-refractivity contribution in [1.82, 2.24) is 24.8 Å².